The van der Waals surface area contributed by atoms with E-state index >= 15 is 0 Å². The lowest BCUT2D eigenvalue weighted by Gasteiger charge is -2.32. The number of hydrogen-bond acceptors (Lipinski definition) is 7. The highest BCUT2D eigenvalue weighted by molar-refractivity contribution is 8.00. The Morgan fingerprint density at radius 1 is 0.978 bits per heavy atom. The molecule has 1 fully saturated rings. The van der Waals surface area contributed by atoms with Gasteiger partial charge in [0.05, 0.1) is 19.0 Å². The Morgan fingerprint density at radius 3 is 2.18 bits per heavy atom. The number of nitrogens with zero attached hydrogens (tertiary/aromatic N) is 1. The van der Waals surface area contributed by atoms with Crippen molar-refractivity contribution in [3.8, 4) is 11.5 Å². The summed E-state index contributed by atoms with van der Waals surface area (Å²) in [6, 6.07) is 10.5. The van der Waals surface area contributed by atoms with Gasteiger partial charge in [-0.3, -0.25) is 9.59 Å². The van der Waals surface area contributed by atoms with Crippen LogP contribution in [0.25, 0.3) is 0 Å². The summed E-state index contributed by atoms with van der Waals surface area (Å²) in [5, 5.41) is 14.0. The zero-order valence-corrected chi connectivity index (χ0v) is 25.3. The van der Waals surface area contributed by atoms with E-state index in [0.717, 1.165) is 16.7 Å². The summed E-state index contributed by atoms with van der Waals surface area (Å²) >= 11 is 1.05. The standard InChI is InChI=1S/C31H29F5N2O6S/c1-15-17(11-8-12-19(15)43-4)28(40)37-18(13-16-9-6-5-7-10-16)25(39)29(41)38-14-45-31(2,3)27(38)30(42)44-26-23(35)21(33)20(32)22(34)24(26)36/h5-12,18,25,27,39H,13-14H2,1-4H3,(H,37,40)/t18-,25-,27?/m0/s1. The third kappa shape index (κ3) is 6.76. The van der Waals surface area contributed by atoms with Gasteiger partial charge in [-0.05, 0) is 44.9 Å². The highest BCUT2D eigenvalue weighted by Gasteiger charge is 2.51. The normalized spacial score (nSPS) is 17.0. The van der Waals surface area contributed by atoms with Gasteiger partial charge >= 0.3 is 5.97 Å². The summed E-state index contributed by atoms with van der Waals surface area (Å²) in [6.07, 6.45) is -1.97. The predicted octanol–water partition coefficient (Wildman–Crippen LogP) is 4.69. The summed E-state index contributed by atoms with van der Waals surface area (Å²) in [6.45, 7) is 4.65. The van der Waals surface area contributed by atoms with Crippen molar-refractivity contribution in [2.24, 2.45) is 0 Å². The molecule has 4 rings (SSSR count). The Labute approximate surface area is 259 Å². The maximum Gasteiger partial charge on any atom is 0.335 e. The molecule has 1 aliphatic rings. The minimum atomic E-state index is -2.43. The molecule has 0 spiro atoms. The number of methoxy groups -OCH3 is 1. The lowest BCUT2D eigenvalue weighted by molar-refractivity contribution is -0.152. The van der Waals surface area contributed by atoms with Crippen LogP contribution in [0.5, 0.6) is 11.5 Å². The van der Waals surface area contributed by atoms with Gasteiger partial charge in [-0.15, -0.1) is 11.8 Å². The van der Waals surface area contributed by atoms with E-state index in [2.05, 4.69) is 10.1 Å². The molecule has 3 atom stereocenters. The smallest absolute Gasteiger partial charge is 0.335 e. The second-order valence-corrected chi connectivity index (χ2v) is 12.4. The molecule has 8 nitrogen and oxygen atoms in total. The van der Waals surface area contributed by atoms with Crippen LogP contribution in [0.15, 0.2) is 48.5 Å². The molecule has 1 unspecified atom stereocenters. The number of amides is 2. The third-order valence-corrected chi connectivity index (χ3v) is 8.80. The molecule has 0 aromatic heterocycles. The Bertz CT molecular complexity index is 1590. The first kappa shape index (κ1) is 33.7. The van der Waals surface area contributed by atoms with Crippen LogP contribution in [0.4, 0.5) is 22.0 Å². The number of ether oxygens (including phenoxy) is 2. The van der Waals surface area contributed by atoms with Crippen molar-refractivity contribution in [3.63, 3.8) is 0 Å². The molecule has 2 amide bonds. The molecular weight excluding hydrogens is 623 g/mol. The summed E-state index contributed by atoms with van der Waals surface area (Å²) in [5.74, 6) is -16.5. The molecular formula is C31H29F5N2O6S. The Kier molecular flexibility index (Phi) is 10.1. The van der Waals surface area contributed by atoms with Crippen LogP contribution < -0.4 is 14.8 Å². The number of aliphatic hydroxyl groups is 1. The van der Waals surface area contributed by atoms with Gasteiger partial charge in [0.2, 0.25) is 34.8 Å². The number of carbonyl (C=O) groups excluding carboxylic acids is 3. The van der Waals surface area contributed by atoms with Crippen molar-refractivity contribution in [2.45, 2.75) is 50.1 Å². The summed E-state index contributed by atoms with van der Waals surface area (Å²) < 4.78 is 78.4. The minimum Gasteiger partial charge on any atom is -0.496 e. The highest BCUT2D eigenvalue weighted by Crippen LogP contribution is 2.41. The molecule has 3 aromatic rings. The summed E-state index contributed by atoms with van der Waals surface area (Å²) in [4.78, 5) is 41.3. The van der Waals surface area contributed by atoms with Crippen molar-refractivity contribution < 1.29 is 50.9 Å². The van der Waals surface area contributed by atoms with Crippen LogP contribution in [-0.4, -0.2) is 63.7 Å². The average Bonchev–Trinajstić information content (AvgIpc) is 3.35. The van der Waals surface area contributed by atoms with E-state index in [1.807, 2.05) is 0 Å². The number of halogens is 5. The second-order valence-electron chi connectivity index (χ2n) is 10.8. The molecule has 1 aliphatic heterocycles. The Balaban J connectivity index is 1.64. The van der Waals surface area contributed by atoms with Gasteiger partial charge in [-0.2, -0.15) is 8.78 Å². The molecule has 0 radical (unpaired) electrons. The molecule has 14 heteroatoms. The number of carbonyl (C=O) groups is 3. The Morgan fingerprint density at radius 2 is 1.58 bits per heavy atom. The molecule has 0 bridgehead atoms. The lowest BCUT2D eigenvalue weighted by atomic mass is 9.97. The van der Waals surface area contributed by atoms with Gasteiger partial charge in [0.25, 0.3) is 11.8 Å². The maximum absolute atomic E-state index is 14.3. The number of rotatable bonds is 9. The van der Waals surface area contributed by atoms with Gasteiger partial charge in [0, 0.05) is 15.9 Å². The number of nitrogens with one attached hydrogen (secondary N) is 1. The van der Waals surface area contributed by atoms with Crippen LogP contribution in [0.1, 0.15) is 35.3 Å². The second kappa shape index (κ2) is 13.4. The van der Waals surface area contributed by atoms with Crippen LogP contribution in [0, 0.1) is 36.0 Å². The molecule has 240 valence electrons. The fourth-order valence-electron chi connectivity index (χ4n) is 4.98. The summed E-state index contributed by atoms with van der Waals surface area (Å²) in [5.41, 5.74) is 1.37. The predicted molar refractivity (Wildman–Crippen MR) is 154 cm³/mol. The van der Waals surface area contributed by atoms with Crippen LogP contribution in [0.2, 0.25) is 0 Å². The number of esters is 1. The van der Waals surface area contributed by atoms with Gasteiger partial charge in [0.1, 0.15) is 11.8 Å². The van der Waals surface area contributed by atoms with E-state index in [9.17, 15) is 41.4 Å². The highest BCUT2D eigenvalue weighted by atomic mass is 32.2. The summed E-state index contributed by atoms with van der Waals surface area (Å²) in [7, 11) is 1.44. The first-order valence-electron chi connectivity index (χ1n) is 13.5. The van der Waals surface area contributed by atoms with E-state index in [4.69, 9.17) is 4.74 Å². The number of aliphatic hydroxyl groups excluding tert-OH is 1. The van der Waals surface area contributed by atoms with E-state index < -0.39 is 75.6 Å². The zero-order valence-electron chi connectivity index (χ0n) is 24.5. The van der Waals surface area contributed by atoms with Crippen molar-refractivity contribution in [3.05, 3.63) is 94.3 Å². The average molecular weight is 653 g/mol. The topological polar surface area (TPSA) is 105 Å². The van der Waals surface area contributed by atoms with E-state index in [-0.39, 0.29) is 17.9 Å². The molecule has 1 saturated heterocycles. The molecule has 1 heterocycles. The number of thioether (sulfide) groups is 1. The van der Waals surface area contributed by atoms with Crippen LogP contribution in [-0.2, 0) is 16.0 Å². The monoisotopic (exact) mass is 652 g/mol. The van der Waals surface area contributed by atoms with E-state index in [0.29, 0.717) is 16.9 Å². The molecule has 45 heavy (non-hydrogen) atoms. The van der Waals surface area contributed by atoms with Gasteiger partial charge in [0.15, 0.2) is 6.10 Å². The molecule has 0 saturated carbocycles. The van der Waals surface area contributed by atoms with Crippen molar-refractivity contribution in [1.29, 1.82) is 0 Å². The third-order valence-electron chi connectivity index (χ3n) is 7.42. The molecule has 3 aromatic carbocycles. The largest absolute Gasteiger partial charge is 0.496 e. The van der Waals surface area contributed by atoms with Crippen LogP contribution >= 0.6 is 11.8 Å². The fourth-order valence-corrected chi connectivity index (χ4v) is 6.11. The molecule has 2 N–H and O–H groups in total. The van der Waals surface area contributed by atoms with Crippen molar-refractivity contribution in [2.75, 3.05) is 13.0 Å². The Hall–Kier alpha value is -4.17. The number of benzene rings is 3. The van der Waals surface area contributed by atoms with Crippen molar-refractivity contribution >= 4 is 29.5 Å². The van der Waals surface area contributed by atoms with Crippen LogP contribution in [0.3, 0.4) is 0 Å². The number of hydrogen-bond donors (Lipinski definition) is 2. The van der Waals surface area contributed by atoms with Crippen molar-refractivity contribution in [1.82, 2.24) is 10.2 Å². The lowest BCUT2D eigenvalue weighted by Crippen LogP contribution is -2.57. The van der Waals surface area contributed by atoms with Gasteiger partial charge in [-0.1, -0.05) is 36.4 Å². The van der Waals surface area contributed by atoms with Gasteiger partial charge < -0.3 is 24.8 Å². The fraction of sp³-hybridized carbons (Fsp3) is 0.323. The van der Waals surface area contributed by atoms with E-state index in [1.54, 1.807) is 49.4 Å². The maximum atomic E-state index is 14.3. The quantitative estimate of drug-likeness (QED) is 0.114. The first-order chi connectivity index (χ1) is 21.2. The zero-order chi connectivity index (χ0) is 33.2. The van der Waals surface area contributed by atoms with E-state index in [1.165, 1.54) is 27.0 Å². The SMILES string of the molecule is COc1cccc(C(=O)N[C@@H](Cc2ccccc2)[C@H](O)C(=O)N2CSC(C)(C)C2C(=O)Oc2c(F)c(F)c(F)c(F)c2F)c1C. The van der Waals surface area contributed by atoms with Gasteiger partial charge in [-0.25, -0.2) is 18.0 Å². The molecule has 0 aliphatic carbocycles. The first-order valence-corrected chi connectivity index (χ1v) is 14.5. The minimum absolute atomic E-state index is 0.0213.